The number of methoxy groups -OCH3 is 1. The normalized spacial score (nSPS) is 13.6. The van der Waals surface area contributed by atoms with Crippen LogP contribution in [0.25, 0.3) is 0 Å². The lowest BCUT2D eigenvalue weighted by Gasteiger charge is -2.39. The van der Waals surface area contributed by atoms with Crippen molar-refractivity contribution in [2.75, 3.05) is 31.9 Å². The Kier molecular flexibility index (Phi) is 5.08. The van der Waals surface area contributed by atoms with E-state index in [1.165, 1.54) is 16.7 Å². The molecule has 10 nitrogen and oxygen atoms in total. The number of pyridine rings is 2. The number of hydrogen-bond acceptors (Lipinski definition) is 7. The van der Waals surface area contributed by atoms with Crippen LogP contribution in [0.5, 0.6) is 5.75 Å². The van der Waals surface area contributed by atoms with Gasteiger partial charge in [0.1, 0.15) is 12.2 Å². The lowest BCUT2D eigenvalue weighted by Crippen LogP contribution is -2.54. The highest BCUT2D eigenvalue weighted by Gasteiger charge is 2.34. The van der Waals surface area contributed by atoms with Crippen LogP contribution in [-0.4, -0.2) is 63.6 Å². The van der Waals surface area contributed by atoms with Crippen LogP contribution in [0.1, 0.15) is 26.5 Å². The van der Waals surface area contributed by atoms with Crippen LogP contribution in [0, 0.1) is 0 Å². The second-order valence-electron chi connectivity index (χ2n) is 5.91. The molecule has 10 heteroatoms. The minimum atomic E-state index is -1.49. The zero-order chi connectivity index (χ0) is 19.6. The van der Waals surface area contributed by atoms with Gasteiger partial charge in [-0.2, -0.15) is 0 Å². The SMILES string of the molecule is COCCN1CN(Cc2ccccn2)n2cc(C(=O)O)c(=O)c(O)c2C1=O. The zero-order valence-corrected chi connectivity index (χ0v) is 14.5. The fraction of sp³-hybridized carbons (Fsp3) is 0.294. The van der Waals surface area contributed by atoms with E-state index in [1.54, 1.807) is 29.4 Å². The van der Waals surface area contributed by atoms with Crippen molar-refractivity contribution in [1.82, 2.24) is 14.6 Å². The molecule has 3 rings (SSSR count). The average molecular weight is 374 g/mol. The first-order chi connectivity index (χ1) is 12.9. The predicted octanol–water partition coefficient (Wildman–Crippen LogP) is -0.155. The van der Waals surface area contributed by atoms with Crippen molar-refractivity contribution < 1.29 is 24.5 Å². The summed E-state index contributed by atoms with van der Waals surface area (Å²) in [6.07, 6.45) is 2.66. The van der Waals surface area contributed by atoms with Crippen molar-refractivity contribution in [3.05, 3.63) is 57.8 Å². The Morgan fingerprint density at radius 2 is 2.11 bits per heavy atom. The lowest BCUT2D eigenvalue weighted by atomic mass is 10.2. The van der Waals surface area contributed by atoms with Gasteiger partial charge in [0.2, 0.25) is 5.43 Å². The largest absolute Gasteiger partial charge is 0.502 e. The lowest BCUT2D eigenvalue weighted by molar-refractivity contribution is 0.0613. The third kappa shape index (κ3) is 3.47. The van der Waals surface area contributed by atoms with E-state index in [-0.39, 0.29) is 32.1 Å². The van der Waals surface area contributed by atoms with Crippen LogP contribution in [0.15, 0.2) is 35.4 Å². The fourth-order valence-electron chi connectivity index (χ4n) is 2.82. The van der Waals surface area contributed by atoms with Gasteiger partial charge in [0.25, 0.3) is 5.91 Å². The minimum Gasteiger partial charge on any atom is -0.502 e. The number of fused-ring (bicyclic) bond motifs is 1. The molecule has 0 bridgehead atoms. The summed E-state index contributed by atoms with van der Waals surface area (Å²) in [5.74, 6) is -2.97. The van der Waals surface area contributed by atoms with Crippen LogP contribution in [0.4, 0.5) is 0 Å². The smallest absolute Gasteiger partial charge is 0.341 e. The third-order valence-electron chi connectivity index (χ3n) is 4.16. The predicted molar refractivity (Wildman–Crippen MR) is 93.3 cm³/mol. The number of amides is 1. The maximum Gasteiger partial charge on any atom is 0.341 e. The number of aromatic nitrogens is 2. The molecule has 142 valence electrons. The van der Waals surface area contributed by atoms with Crippen LogP contribution < -0.4 is 10.4 Å². The molecule has 2 aromatic rings. The Bertz CT molecular complexity index is 927. The van der Waals surface area contributed by atoms with Crippen molar-refractivity contribution in [3.8, 4) is 5.75 Å². The molecule has 1 aliphatic rings. The molecular weight excluding hydrogens is 356 g/mol. The topological polar surface area (TPSA) is 125 Å². The van der Waals surface area contributed by atoms with E-state index < -0.39 is 28.6 Å². The summed E-state index contributed by atoms with van der Waals surface area (Å²) in [4.78, 5) is 41.9. The highest BCUT2D eigenvalue weighted by atomic mass is 16.5. The molecule has 27 heavy (non-hydrogen) atoms. The molecule has 0 aromatic carbocycles. The van der Waals surface area contributed by atoms with Gasteiger partial charge in [-0.05, 0) is 12.1 Å². The average Bonchev–Trinajstić information content (AvgIpc) is 2.65. The van der Waals surface area contributed by atoms with Crippen molar-refractivity contribution in [2.24, 2.45) is 0 Å². The molecule has 2 N–H and O–H groups in total. The number of ether oxygens (including phenoxy) is 1. The molecule has 3 heterocycles. The number of rotatable bonds is 6. The van der Waals surface area contributed by atoms with Crippen molar-refractivity contribution in [3.63, 3.8) is 0 Å². The number of nitrogens with zero attached hydrogens (tertiary/aromatic N) is 4. The summed E-state index contributed by atoms with van der Waals surface area (Å²) in [7, 11) is 1.50. The van der Waals surface area contributed by atoms with E-state index in [1.807, 2.05) is 0 Å². The van der Waals surface area contributed by atoms with E-state index in [0.29, 0.717) is 5.69 Å². The molecule has 0 aliphatic carbocycles. The van der Waals surface area contributed by atoms with Gasteiger partial charge >= 0.3 is 5.97 Å². The molecule has 0 fully saturated rings. The summed E-state index contributed by atoms with van der Waals surface area (Å²) in [5, 5.41) is 21.1. The van der Waals surface area contributed by atoms with Crippen LogP contribution in [-0.2, 0) is 11.3 Å². The quantitative estimate of drug-likeness (QED) is 0.715. The maximum absolute atomic E-state index is 12.7. The summed E-state index contributed by atoms with van der Waals surface area (Å²) in [6.45, 7) is 0.836. The van der Waals surface area contributed by atoms with E-state index in [9.17, 15) is 24.6 Å². The molecular formula is C17H18N4O6. The maximum atomic E-state index is 12.7. The second kappa shape index (κ2) is 7.46. The summed E-state index contributed by atoms with van der Waals surface area (Å²) in [6, 6.07) is 5.33. The number of carbonyl (C=O) groups is 2. The number of aromatic hydroxyl groups is 1. The van der Waals surface area contributed by atoms with Crippen molar-refractivity contribution >= 4 is 11.9 Å². The molecule has 0 unspecified atom stereocenters. The van der Waals surface area contributed by atoms with Gasteiger partial charge in [0, 0.05) is 26.0 Å². The Labute approximate surface area is 153 Å². The molecule has 0 saturated carbocycles. The van der Waals surface area contributed by atoms with E-state index >= 15 is 0 Å². The molecule has 2 aromatic heterocycles. The Hall–Kier alpha value is -3.40. The van der Waals surface area contributed by atoms with Crippen molar-refractivity contribution in [2.45, 2.75) is 6.54 Å². The molecule has 1 amide bonds. The van der Waals surface area contributed by atoms with E-state index in [4.69, 9.17) is 4.74 Å². The van der Waals surface area contributed by atoms with Gasteiger partial charge < -0.3 is 19.8 Å². The first-order valence-electron chi connectivity index (χ1n) is 8.09. The van der Waals surface area contributed by atoms with Gasteiger partial charge in [-0.15, -0.1) is 0 Å². The monoisotopic (exact) mass is 374 g/mol. The van der Waals surface area contributed by atoms with Gasteiger partial charge in [0.15, 0.2) is 11.4 Å². The van der Waals surface area contributed by atoms with Gasteiger partial charge in [-0.1, -0.05) is 6.07 Å². The summed E-state index contributed by atoms with van der Waals surface area (Å²) < 4.78 is 6.21. The number of carboxylic acids is 1. The Balaban J connectivity index is 2.11. The highest BCUT2D eigenvalue weighted by Crippen LogP contribution is 2.22. The summed E-state index contributed by atoms with van der Waals surface area (Å²) in [5.41, 5.74) is -1.35. The zero-order valence-electron chi connectivity index (χ0n) is 14.5. The molecule has 0 spiro atoms. The van der Waals surface area contributed by atoms with Crippen LogP contribution >= 0.6 is 0 Å². The number of aromatic carboxylic acids is 1. The molecule has 1 aliphatic heterocycles. The Morgan fingerprint density at radius 3 is 2.74 bits per heavy atom. The summed E-state index contributed by atoms with van der Waals surface area (Å²) >= 11 is 0. The molecule has 0 atom stereocenters. The first-order valence-corrected chi connectivity index (χ1v) is 8.09. The van der Waals surface area contributed by atoms with E-state index in [0.717, 1.165) is 6.20 Å². The number of carboxylic acid groups (broad SMARTS) is 1. The minimum absolute atomic E-state index is 0.104. The van der Waals surface area contributed by atoms with E-state index in [2.05, 4.69) is 4.98 Å². The van der Waals surface area contributed by atoms with Gasteiger partial charge in [-0.25, -0.2) is 4.79 Å². The third-order valence-corrected chi connectivity index (χ3v) is 4.16. The van der Waals surface area contributed by atoms with Crippen LogP contribution in [0.3, 0.4) is 0 Å². The first kappa shape index (κ1) is 18.4. The van der Waals surface area contributed by atoms with Crippen LogP contribution in [0.2, 0.25) is 0 Å². The highest BCUT2D eigenvalue weighted by molar-refractivity contribution is 5.97. The second-order valence-corrected chi connectivity index (χ2v) is 5.91. The van der Waals surface area contributed by atoms with Gasteiger partial charge in [0.05, 0.1) is 18.8 Å². The van der Waals surface area contributed by atoms with Gasteiger partial charge in [-0.3, -0.25) is 24.3 Å². The number of hydrogen-bond donors (Lipinski definition) is 2. The molecule has 0 radical (unpaired) electrons. The molecule has 0 saturated heterocycles. The van der Waals surface area contributed by atoms with Crippen molar-refractivity contribution in [1.29, 1.82) is 0 Å². The standard InChI is InChI=1S/C17H18N4O6/c1-27-7-6-19-10-20(8-11-4-2-3-5-18-11)21-9-12(17(25)26)14(22)15(23)13(21)16(19)24/h2-5,9,23H,6-8,10H2,1H3,(H,25,26). The Morgan fingerprint density at radius 1 is 1.33 bits per heavy atom. The number of carbonyl (C=O) groups excluding carboxylic acids is 1. The fourth-order valence-corrected chi connectivity index (χ4v) is 2.82.